The Labute approximate surface area is 118 Å². The van der Waals surface area contributed by atoms with E-state index in [1.807, 2.05) is 0 Å². The van der Waals surface area contributed by atoms with Gasteiger partial charge in [0, 0.05) is 0 Å². The zero-order valence-corrected chi connectivity index (χ0v) is 11.9. The fourth-order valence-corrected chi connectivity index (χ4v) is 1.71. The van der Waals surface area contributed by atoms with Gasteiger partial charge in [-0.2, -0.15) is 0 Å². The third kappa shape index (κ3) is 5.79. The smallest absolute Gasteiger partial charge is 0.326 e. The predicted molar refractivity (Wildman–Crippen MR) is 75.8 cm³/mol. The van der Waals surface area contributed by atoms with Gasteiger partial charge < -0.3 is 10.8 Å². The van der Waals surface area contributed by atoms with Crippen LogP contribution in [0, 0.1) is 0 Å². The first kappa shape index (κ1) is 18.0. The molecule has 6 nitrogen and oxygen atoms in total. The fraction of sp³-hybridized carbons (Fsp3) is 0.500. The maximum Gasteiger partial charge on any atom is 0.326 e. The average molecular weight is 282 g/mol. The molecule has 0 aliphatic rings. The lowest BCUT2D eigenvalue weighted by atomic mass is 10.1. The van der Waals surface area contributed by atoms with Crippen LogP contribution in [0.4, 0.5) is 0 Å². The summed E-state index contributed by atoms with van der Waals surface area (Å²) in [6.07, 6.45) is 6.68. The van der Waals surface area contributed by atoms with Crippen molar-refractivity contribution in [3.05, 3.63) is 24.3 Å². The van der Waals surface area contributed by atoms with E-state index in [1.54, 1.807) is 13.8 Å². The summed E-state index contributed by atoms with van der Waals surface area (Å²) < 4.78 is 0. The molecule has 0 unspecified atom stereocenters. The van der Waals surface area contributed by atoms with E-state index >= 15 is 0 Å². The van der Waals surface area contributed by atoms with Gasteiger partial charge in [-0.15, -0.1) is 0 Å². The summed E-state index contributed by atoms with van der Waals surface area (Å²) in [6.45, 7) is 3.69. The minimum Gasteiger partial charge on any atom is -0.480 e. The van der Waals surface area contributed by atoms with Crippen molar-refractivity contribution < 1.29 is 19.5 Å². The lowest BCUT2D eigenvalue weighted by molar-refractivity contribution is -0.154. The molecule has 2 amide bonds. The molecule has 0 aromatic rings. The quantitative estimate of drug-likeness (QED) is 0.512. The molecule has 0 saturated heterocycles. The number of unbranched alkanes of at least 4 members (excludes halogenated alkanes) is 1. The molecule has 112 valence electrons. The van der Waals surface area contributed by atoms with Gasteiger partial charge in [0.2, 0.25) is 0 Å². The van der Waals surface area contributed by atoms with Crippen molar-refractivity contribution in [1.82, 2.24) is 4.90 Å². The second-order valence-corrected chi connectivity index (χ2v) is 4.18. The second kappa shape index (κ2) is 9.91. The van der Waals surface area contributed by atoms with Gasteiger partial charge in [-0.25, -0.2) is 4.79 Å². The number of aliphatic carboxylic acids is 1. The normalized spacial score (nSPS) is 12.8. The summed E-state index contributed by atoms with van der Waals surface area (Å²) in [5.41, 5.74) is 5.36. The van der Waals surface area contributed by atoms with Crippen molar-refractivity contribution in [2.24, 2.45) is 5.73 Å². The Morgan fingerprint density at radius 3 is 1.95 bits per heavy atom. The van der Waals surface area contributed by atoms with Gasteiger partial charge in [-0.3, -0.25) is 14.5 Å². The third-order valence-corrected chi connectivity index (χ3v) is 2.62. The van der Waals surface area contributed by atoms with Crippen LogP contribution in [0.1, 0.15) is 33.1 Å². The van der Waals surface area contributed by atoms with Crippen LogP contribution >= 0.6 is 0 Å². The monoisotopic (exact) mass is 282 g/mol. The van der Waals surface area contributed by atoms with E-state index in [0.29, 0.717) is 19.4 Å². The molecule has 0 aromatic carbocycles. The van der Waals surface area contributed by atoms with E-state index in [0.717, 1.165) is 4.90 Å². The molecule has 0 aliphatic carbocycles. The number of hydrogen-bond donors (Lipinski definition) is 2. The van der Waals surface area contributed by atoms with E-state index in [-0.39, 0.29) is 6.42 Å². The Hall–Kier alpha value is -1.95. The van der Waals surface area contributed by atoms with Crippen LogP contribution < -0.4 is 5.73 Å². The van der Waals surface area contributed by atoms with Crippen LogP contribution in [0.2, 0.25) is 0 Å². The van der Waals surface area contributed by atoms with Gasteiger partial charge in [-0.1, -0.05) is 12.2 Å². The number of imide groups is 1. The molecule has 20 heavy (non-hydrogen) atoms. The molecule has 0 spiro atoms. The maximum absolute atomic E-state index is 11.9. The molecule has 0 fully saturated rings. The third-order valence-electron chi connectivity index (χ3n) is 2.62. The van der Waals surface area contributed by atoms with Gasteiger partial charge in [-0.05, 0) is 51.8 Å². The number of amides is 2. The number of rotatable bonds is 8. The molecule has 0 aromatic heterocycles. The van der Waals surface area contributed by atoms with Gasteiger partial charge in [0.05, 0.1) is 0 Å². The Morgan fingerprint density at radius 1 is 1.10 bits per heavy atom. The molecule has 0 aliphatic heterocycles. The minimum atomic E-state index is -1.20. The molecule has 0 saturated carbocycles. The number of nitrogens with zero attached hydrogens (tertiary/aromatic N) is 1. The first-order valence-electron chi connectivity index (χ1n) is 6.55. The number of nitrogens with two attached hydrogens (primary N) is 1. The van der Waals surface area contributed by atoms with Crippen molar-refractivity contribution >= 4 is 17.8 Å². The van der Waals surface area contributed by atoms with Crippen LogP contribution in [0.5, 0.6) is 0 Å². The molecule has 0 heterocycles. The highest BCUT2D eigenvalue weighted by Crippen LogP contribution is 2.12. The van der Waals surface area contributed by atoms with Crippen molar-refractivity contribution in [2.45, 2.75) is 39.2 Å². The number of hydrogen-bond acceptors (Lipinski definition) is 4. The second-order valence-electron chi connectivity index (χ2n) is 4.18. The van der Waals surface area contributed by atoms with Gasteiger partial charge in [0.15, 0.2) is 0 Å². The van der Waals surface area contributed by atoms with E-state index in [1.165, 1.54) is 24.3 Å². The zero-order valence-electron chi connectivity index (χ0n) is 11.9. The summed E-state index contributed by atoms with van der Waals surface area (Å²) >= 11 is 0. The van der Waals surface area contributed by atoms with Crippen LogP contribution in [0.25, 0.3) is 0 Å². The van der Waals surface area contributed by atoms with Crippen LogP contribution in [0.15, 0.2) is 24.3 Å². The van der Waals surface area contributed by atoms with E-state index < -0.39 is 23.8 Å². The summed E-state index contributed by atoms with van der Waals surface area (Å²) in [5, 5.41) is 9.25. The van der Waals surface area contributed by atoms with Crippen molar-refractivity contribution in [3.63, 3.8) is 0 Å². The number of carbonyl (C=O) groups excluding carboxylic acids is 2. The van der Waals surface area contributed by atoms with Crippen molar-refractivity contribution in [2.75, 3.05) is 6.54 Å². The topological polar surface area (TPSA) is 101 Å². The Bertz CT molecular complexity index is 378. The van der Waals surface area contributed by atoms with Crippen LogP contribution in [-0.4, -0.2) is 40.4 Å². The highest BCUT2D eigenvalue weighted by Gasteiger charge is 2.31. The Morgan fingerprint density at radius 2 is 1.60 bits per heavy atom. The number of allylic oxidation sites excluding steroid dienone is 2. The van der Waals surface area contributed by atoms with Gasteiger partial charge in [0.25, 0.3) is 11.8 Å². The summed E-state index contributed by atoms with van der Waals surface area (Å²) in [4.78, 5) is 36.0. The Balaban J connectivity index is 5.24. The Kier molecular flexibility index (Phi) is 8.95. The largest absolute Gasteiger partial charge is 0.480 e. The van der Waals surface area contributed by atoms with E-state index in [2.05, 4.69) is 0 Å². The highest BCUT2D eigenvalue weighted by atomic mass is 16.4. The lowest BCUT2D eigenvalue weighted by Gasteiger charge is -2.25. The van der Waals surface area contributed by atoms with Crippen molar-refractivity contribution in [1.29, 1.82) is 0 Å². The molecular formula is C14H22N2O4. The van der Waals surface area contributed by atoms with Gasteiger partial charge >= 0.3 is 5.97 Å². The first-order valence-corrected chi connectivity index (χ1v) is 6.55. The zero-order chi connectivity index (χ0) is 15.5. The molecule has 0 rings (SSSR count). The number of carboxylic acid groups (broad SMARTS) is 1. The van der Waals surface area contributed by atoms with Crippen molar-refractivity contribution in [3.8, 4) is 0 Å². The highest BCUT2D eigenvalue weighted by molar-refractivity contribution is 6.07. The SMILES string of the molecule is C/C=C/C(=O)N(C(=O)/C=C/C)[C@@H](CCCCN)C(=O)O. The summed E-state index contributed by atoms with van der Waals surface area (Å²) in [7, 11) is 0. The van der Waals surface area contributed by atoms with Crippen LogP contribution in [0.3, 0.4) is 0 Å². The number of carboxylic acids is 1. The summed E-state index contributed by atoms with van der Waals surface area (Å²) in [5.74, 6) is -2.45. The molecule has 6 heteroatoms. The number of carbonyl (C=O) groups is 3. The molecule has 1 atom stereocenters. The molecule has 0 radical (unpaired) electrons. The lowest BCUT2D eigenvalue weighted by Crippen LogP contribution is -2.47. The van der Waals surface area contributed by atoms with Gasteiger partial charge in [0.1, 0.15) is 6.04 Å². The fourth-order valence-electron chi connectivity index (χ4n) is 1.71. The standard InChI is InChI=1S/C14H22N2O4/c1-3-7-12(17)16(13(18)8-4-2)11(14(19)20)9-5-6-10-15/h3-4,7-8,11H,5-6,9-10,15H2,1-2H3,(H,19,20)/b7-3+,8-4+/t11-/m0/s1. The van der Waals surface area contributed by atoms with E-state index in [4.69, 9.17) is 5.73 Å². The molecule has 3 N–H and O–H groups in total. The average Bonchev–Trinajstić information content (AvgIpc) is 2.38. The minimum absolute atomic E-state index is 0.194. The molecular weight excluding hydrogens is 260 g/mol. The van der Waals surface area contributed by atoms with E-state index in [9.17, 15) is 19.5 Å². The molecule has 0 bridgehead atoms. The predicted octanol–water partition coefficient (Wildman–Crippen LogP) is 1.08. The maximum atomic E-state index is 11.9. The van der Waals surface area contributed by atoms with Crippen LogP contribution in [-0.2, 0) is 14.4 Å². The first-order chi connectivity index (χ1) is 9.49. The summed E-state index contributed by atoms with van der Waals surface area (Å²) in [6, 6.07) is -1.17.